The zero-order valence-corrected chi connectivity index (χ0v) is 13.8. The summed E-state index contributed by atoms with van der Waals surface area (Å²) in [5, 5.41) is 7.01. The Labute approximate surface area is 149 Å². The highest BCUT2D eigenvalue weighted by atomic mass is 16.1. The van der Waals surface area contributed by atoms with E-state index in [0.717, 1.165) is 11.4 Å². The summed E-state index contributed by atoms with van der Waals surface area (Å²) in [5.41, 5.74) is 9.06. The van der Waals surface area contributed by atoms with Gasteiger partial charge in [-0.25, -0.2) is 9.67 Å². The van der Waals surface area contributed by atoms with Crippen molar-refractivity contribution in [2.24, 2.45) is 0 Å². The highest BCUT2D eigenvalue weighted by Crippen LogP contribution is 2.20. The van der Waals surface area contributed by atoms with Gasteiger partial charge in [0.15, 0.2) is 5.82 Å². The highest BCUT2D eigenvalue weighted by molar-refractivity contribution is 6.04. The van der Waals surface area contributed by atoms with E-state index < -0.39 is 0 Å². The Balaban J connectivity index is 1.57. The molecule has 128 valence electrons. The fourth-order valence-corrected chi connectivity index (χ4v) is 2.58. The fourth-order valence-electron chi connectivity index (χ4n) is 2.58. The molecule has 0 bridgehead atoms. The number of anilines is 2. The van der Waals surface area contributed by atoms with Gasteiger partial charge in [0.25, 0.3) is 5.91 Å². The molecule has 3 heterocycles. The lowest BCUT2D eigenvalue weighted by molar-refractivity contribution is 0.102. The van der Waals surface area contributed by atoms with Crippen molar-refractivity contribution in [3.05, 3.63) is 78.8 Å². The Morgan fingerprint density at radius 2 is 1.88 bits per heavy atom. The van der Waals surface area contributed by atoms with Crippen LogP contribution in [0.1, 0.15) is 10.5 Å². The zero-order valence-electron chi connectivity index (χ0n) is 13.8. The number of nitrogens with zero attached hydrogens (tertiary/aromatic N) is 3. The molecule has 7 heteroatoms. The second-order valence-electron chi connectivity index (χ2n) is 5.65. The maximum atomic E-state index is 12.6. The Hall–Kier alpha value is -3.87. The quantitative estimate of drug-likeness (QED) is 0.529. The third-order valence-electron chi connectivity index (χ3n) is 3.87. The lowest BCUT2D eigenvalue weighted by atomic mass is 10.2. The number of hydrogen-bond donors (Lipinski definition) is 3. The van der Waals surface area contributed by atoms with Gasteiger partial charge in [-0.05, 0) is 36.4 Å². The minimum Gasteiger partial charge on any atom is -0.380 e. The molecule has 3 aromatic heterocycles. The number of nitrogens with one attached hydrogen (secondary N) is 2. The van der Waals surface area contributed by atoms with Crippen LogP contribution in [0.3, 0.4) is 0 Å². The van der Waals surface area contributed by atoms with Gasteiger partial charge in [-0.15, -0.1) is 5.10 Å². The number of hydrogen-bond acceptors (Lipinski definition) is 4. The van der Waals surface area contributed by atoms with Crippen molar-refractivity contribution in [1.29, 1.82) is 0 Å². The van der Waals surface area contributed by atoms with Gasteiger partial charge in [-0.3, -0.25) is 4.79 Å². The topological polar surface area (TPSA) is 102 Å². The van der Waals surface area contributed by atoms with Crippen molar-refractivity contribution in [3.8, 4) is 17.1 Å². The van der Waals surface area contributed by atoms with Crippen molar-refractivity contribution < 1.29 is 4.79 Å². The summed E-state index contributed by atoms with van der Waals surface area (Å²) < 4.78 is 1.62. The fraction of sp³-hybridized carbons (Fsp3) is 0. The summed E-state index contributed by atoms with van der Waals surface area (Å²) >= 11 is 0. The molecule has 4 N–H and O–H groups in total. The number of rotatable bonds is 4. The lowest BCUT2D eigenvalue weighted by Crippen LogP contribution is -2.14. The average Bonchev–Trinajstić information content (AvgIpc) is 3.33. The van der Waals surface area contributed by atoms with Crippen LogP contribution in [0, 0.1) is 0 Å². The van der Waals surface area contributed by atoms with E-state index >= 15 is 0 Å². The van der Waals surface area contributed by atoms with Crippen molar-refractivity contribution in [3.63, 3.8) is 0 Å². The summed E-state index contributed by atoms with van der Waals surface area (Å²) in [5.74, 6) is -0.111. The Kier molecular flexibility index (Phi) is 3.95. The molecule has 0 saturated heterocycles. The maximum Gasteiger partial charge on any atom is 0.274 e. The summed E-state index contributed by atoms with van der Waals surface area (Å²) in [7, 11) is 0. The van der Waals surface area contributed by atoms with Gasteiger partial charge in [-0.2, -0.15) is 0 Å². The largest absolute Gasteiger partial charge is 0.380 e. The van der Waals surface area contributed by atoms with Crippen molar-refractivity contribution in [2.75, 3.05) is 11.1 Å². The first-order valence-corrected chi connectivity index (χ1v) is 8.03. The minimum absolute atomic E-state index is 0.239. The van der Waals surface area contributed by atoms with Crippen LogP contribution in [0.25, 0.3) is 17.1 Å². The predicted octanol–water partition coefficient (Wildman–Crippen LogP) is 3.10. The van der Waals surface area contributed by atoms with Gasteiger partial charge in [0.1, 0.15) is 11.4 Å². The summed E-state index contributed by atoms with van der Waals surface area (Å²) in [6.07, 6.45) is 3.49. The van der Waals surface area contributed by atoms with Crippen molar-refractivity contribution in [2.45, 2.75) is 0 Å². The Bertz CT molecular complexity index is 1040. The smallest absolute Gasteiger partial charge is 0.274 e. The molecule has 0 aliphatic rings. The van der Waals surface area contributed by atoms with Crippen molar-refractivity contribution >= 4 is 17.4 Å². The van der Waals surface area contributed by atoms with Gasteiger partial charge >= 0.3 is 0 Å². The first kappa shape index (κ1) is 15.6. The molecule has 26 heavy (non-hydrogen) atoms. The van der Waals surface area contributed by atoms with E-state index in [1.807, 2.05) is 54.7 Å². The molecule has 0 aliphatic carbocycles. The standard InChI is InChI=1S/C19H16N6O/c20-18-17(12-25(24-18)13-6-2-1-3-7-13)23-19(26)16-9-4-8-15(22-16)14-10-5-11-21-14/h1-12,21H,(H2,20,24)(H,23,26). The molecular formula is C19H16N6O. The van der Waals surface area contributed by atoms with E-state index in [1.54, 1.807) is 23.0 Å². The number of aromatic nitrogens is 4. The van der Waals surface area contributed by atoms with Gasteiger partial charge in [-0.1, -0.05) is 24.3 Å². The molecule has 0 saturated carbocycles. The summed E-state index contributed by atoms with van der Waals surface area (Å²) in [4.78, 5) is 20.0. The zero-order chi connectivity index (χ0) is 17.9. The number of carbonyl (C=O) groups excluding carboxylic acids is 1. The number of aromatic amines is 1. The number of nitrogen functional groups attached to an aromatic ring is 1. The number of carbonyl (C=O) groups is 1. The van der Waals surface area contributed by atoms with Crippen LogP contribution in [0.5, 0.6) is 0 Å². The monoisotopic (exact) mass is 344 g/mol. The molecule has 4 aromatic rings. The van der Waals surface area contributed by atoms with Crippen molar-refractivity contribution in [1.82, 2.24) is 19.7 Å². The summed E-state index contributed by atoms with van der Waals surface area (Å²) in [6, 6.07) is 18.6. The molecule has 0 aliphatic heterocycles. The first-order chi connectivity index (χ1) is 12.7. The second kappa shape index (κ2) is 6.56. The van der Waals surface area contributed by atoms with E-state index in [-0.39, 0.29) is 11.7 Å². The molecule has 0 atom stereocenters. The number of amides is 1. The number of para-hydroxylation sites is 1. The molecule has 0 spiro atoms. The Morgan fingerprint density at radius 3 is 2.65 bits per heavy atom. The third-order valence-corrected chi connectivity index (χ3v) is 3.87. The van der Waals surface area contributed by atoms with Gasteiger partial charge in [0.2, 0.25) is 0 Å². The van der Waals surface area contributed by atoms with E-state index in [9.17, 15) is 4.79 Å². The normalized spacial score (nSPS) is 10.6. The van der Waals surface area contributed by atoms with Crippen LogP contribution in [0.15, 0.2) is 73.1 Å². The van der Waals surface area contributed by atoms with Crippen LogP contribution in [0.2, 0.25) is 0 Å². The minimum atomic E-state index is -0.349. The molecular weight excluding hydrogens is 328 g/mol. The van der Waals surface area contributed by atoms with Crippen LogP contribution < -0.4 is 11.1 Å². The van der Waals surface area contributed by atoms with E-state index in [2.05, 4.69) is 20.4 Å². The number of benzene rings is 1. The summed E-state index contributed by atoms with van der Waals surface area (Å²) in [6.45, 7) is 0. The van der Waals surface area contributed by atoms with Crippen LogP contribution in [-0.2, 0) is 0 Å². The molecule has 0 radical (unpaired) electrons. The van der Waals surface area contributed by atoms with E-state index in [1.165, 1.54) is 0 Å². The third kappa shape index (κ3) is 3.05. The molecule has 1 aromatic carbocycles. The second-order valence-corrected chi connectivity index (χ2v) is 5.65. The SMILES string of the molecule is Nc1nn(-c2ccccc2)cc1NC(=O)c1cccc(-c2ccc[nH]2)n1. The first-order valence-electron chi connectivity index (χ1n) is 8.03. The predicted molar refractivity (Wildman–Crippen MR) is 100.0 cm³/mol. The van der Waals surface area contributed by atoms with Gasteiger partial charge in [0.05, 0.1) is 23.3 Å². The maximum absolute atomic E-state index is 12.6. The number of pyridine rings is 1. The Morgan fingerprint density at radius 1 is 1.04 bits per heavy atom. The molecule has 7 nitrogen and oxygen atoms in total. The van der Waals surface area contributed by atoms with Crippen LogP contribution in [-0.4, -0.2) is 25.7 Å². The molecule has 0 unspecified atom stereocenters. The van der Waals surface area contributed by atoms with Crippen LogP contribution in [0.4, 0.5) is 11.5 Å². The van der Waals surface area contributed by atoms with E-state index in [4.69, 9.17) is 5.73 Å². The molecule has 1 amide bonds. The van der Waals surface area contributed by atoms with Gasteiger partial charge in [0, 0.05) is 6.20 Å². The number of H-pyrrole nitrogens is 1. The average molecular weight is 344 g/mol. The molecule has 4 rings (SSSR count). The highest BCUT2D eigenvalue weighted by Gasteiger charge is 2.14. The van der Waals surface area contributed by atoms with Gasteiger partial charge < -0.3 is 16.0 Å². The van der Waals surface area contributed by atoms with E-state index in [0.29, 0.717) is 17.1 Å². The lowest BCUT2D eigenvalue weighted by Gasteiger charge is -2.04. The molecule has 0 fully saturated rings. The number of nitrogens with two attached hydrogens (primary N) is 1. The van der Waals surface area contributed by atoms with Crippen LogP contribution >= 0.6 is 0 Å².